The molecule has 0 saturated carbocycles. The van der Waals surface area contributed by atoms with Gasteiger partial charge < -0.3 is 19.6 Å². The number of carboxylic acids is 1. The van der Waals surface area contributed by atoms with Crippen LogP contribution in [0.5, 0.6) is 0 Å². The number of carboxylic acid groups (broad SMARTS) is 1. The fraction of sp³-hybridized carbons (Fsp3) is 0.857. The number of carbonyl (C=O) groups excluding carboxylic acids is 1. The second-order valence-corrected chi connectivity index (χ2v) is 5.74. The van der Waals surface area contributed by atoms with Gasteiger partial charge in [0.25, 0.3) is 0 Å². The third kappa shape index (κ3) is 3.06. The van der Waals surface area contributed by atoms with Crippen molar-refractivity contribution in [1.29, 1.82) is 0 Å². The van der Waals surface area contributed by atoms with Crippen molar-refractivity contribution in [3.8, 4) is 0 Å². The van der Waals surface area contributed by atoms with Crippen molar-refractivity contribution in [2.75, 3.05) is 39.4 Å². The molecule has 0 bridgehead atoms. The molecule has 1 N–H and O–H groups in total. The molecule has 0 aromatic rings. The highest BCUT2D eigenvalue weighted by Gasteiger charge is 2.46. The summed E-state index contributed by atoms with van der Waals surface area (Å²) in [4.78, 5) is 27.5. The Morgan fingerprint density at radius 3 is 2.70 bits per heavy atom. The molecule has 114 valence electrons. The van der Waals surface area contributed by atoms with E-state index in [4.69, 9.17) is 4.74 Å². The van der Waals surface area contributed by atoms with Gasteiger partial charge in [0.1, 0.15) is 0 Å². The second kappa shape index (κ2) is 6.43. The number of likely N-dealkylation sites (tertiary alicyclic amines) is 1. The average Bonchev–Trinajstić information content (AvgIpc) is 2.68. The lowest BCUT2D eigenvalue weighted by Gasteiger charge is -2.28. The summed E-state index contributed by atoms with van der Waals surface area (Å²) in [6.45, 7) is 5.43. The monoisotopic (exact) mass is 284 g/mol. The van der Waals surface area contributed by atoms with Gasteiger partial charge in [0.2, 0.25) is 0 Å². The summed E-state index contributed by atoms with van der Waals surface area (Å²) in [7, 11) is 0. The Balaban J connectivity index is 2.00. The lowest BCUT2D eigenvalue weighted by molar-refractivity contribution is -0.148. The van der Waals surface area contributed by atoms with Gasteiger partial charge in [0.05, 0.1) is 12.0 Å². The normalized spacial score (nSPS) is 27.4. The van der Waals surface area contributed by atoms with Crippen LogP contribution in [0.1, 0.15) is 32.6 Å². The van der Waals surface area contributed by atoms with Crippen molar-refractivity contribution in [3.05, 3.63) is 0 Å². The molecule has 2 aliphatic rings. The van der Waals surface area contributed by atoms with Gasteiger partial charge in [0, 0.05) is 32.8 Å². The Bertz CT molecular complexity index is 366. The first kappa shape index (κ1) is 15.1. The van der Waals surface area contributed by atoms with Crippen molar-refractivity contribution >= 4 is 12.0 Å². The predicted octanol–water partition coefficient (Wildman–Crippen LogP) is 1.41. The molecule has 0 aromatic heterocycles. The number of ether oxygens (including phenoxy) is 1. The molecule has 0 radical (unpaired) electrons. The summed E-state index contributed by atoms with van der Waals surface area (Å²) in [5.41, 5.74) is -0.743. The maximum atomic E-state index is 12.5. The molecule has 0 aliphatic carbocycles. The first-order chi connectivity index (χ1) is 9.59. The van der Waals surface area contributed by atoms with Crippen molar-refractivity contribution in [2.24, 2.45) is 5.41 Å². The van der Waals surface area contributed by atoms with E-state index in [-0.39, 0.29) is 6.03 Å². The number of hydrogen-bond donors (Lipinski definition) is 1. The molecule has 6 heteroatoms. The van der Waals surface area contributed by atoms with Crippen LogP contribution in [-0.4, -0.2) is 66.3 Å². The number of hydrogen-bond acceptors (Lipinski definition) is 3. The number of carbonyl (C=O) groups is 2. The molecule has 2 saturated heterocycles. The molecule has 1 atom stereocenters. The number of nitrogens with zero attached hydrogens (tertiary/aromatic N) is 2. The van der Waals surface area contributed by atoms with Crippen LogP contribution in [0.15, 0.2) is 0 Å². The minimum Gasteiger partial charge on any atom is -0.481 e. The minimum atomic E-state index is -0.770. The van der Waals surface area contributed by atoms with E-state index in [0.717, 1.165) is 12.8 Å². The summed E-state index contributed by atoms with van der Waals surface area (Å²) in [6.07, 6.45) is 2.87. The van der Waals surface area contributed by atoms with Crippen LogP contribution in [0.2, 0.25) is 0 Å². The zero-order valence-corrected chi connectivity index (χ0v) is 12.1. The Hall–Kier alpha value is -1.30. The van der Waals surface area contributed by atoms with Crippen molar-refractivity contribution in [1.82, 2.24) is 9.80 Å². The number of urea groups is 1. The van der Waals surface area contributed by atoms with Crippen molar-refractivity contribution in [3.63, 3.8) is 0 Å². The van der Waals surface area contributed by atoms with E-state index in [1.807, 2.05) is 6.92 Å². The molecule has 6 nitrogen and oxygen atoms in total. The van der Waals surface area contributed by atoms with Crippen LogP contribution >= 0.6 is 0 Å². The molecule has 2 rings (SSSR count). The van der Waals surface area contributed by atoms with Gasteiger partial charge in [-0.15, -0.1) is 0 Å². The Morgan fingerprint density at radius 2 is 2.00 bits per heavy atom. The van der Waals surface area contributed by atoms with Gasteiger partial charge >= 0.3 is 12.0 Å². The quantitative estimate of drug-likeness (QED) is 0.850. The van der Waals surface area contributed by atoms with Gasteiger partial charge in [-0.3, -0.25) is 4.79 Å². The third-order valence-electron chi connectivity index (χ3n) is 4.30. The highest BCUT2D eigenvalue weighted by Crippen LogP contribution is 2.36. The SMILES string of the molecule is CCCC1(C(=O)O)CCN(C(=O)N2CCCOCC2)C1. The lowest BCUT2D eigenvalue weighted by atomic mass is 9.83. The van der Waals surface area contributed by atoms with Crippen LogP contribution in [-0.2, 0) is 9.53 Å². The second-order valence-electron chi connectivity index (χ2n) is 5.74. The zero-order chi connectivity index (χ0) is 14.6. The van der Waals surface area contributed by atoms with E-state index in [0.29, 0.717) is 52.2 Å². The van der Waals surface area contributed by atoms with E-state index in [9.17, 15) is 14.7 Å². The maximum absolute atomic E-state index is 12.5. The van der Waals surface area contributed by atoms with E-state index in [1.165, 1.54) is 0 Å². The number of amides is 2. The van der Waals surface area contributed by atoms with Crippen LogP contribution in [0, 0.1) is 5.41 Å². The smallest absolute Gasteiger partial charge is 0.320 e. The first-order valence-corrected chi connectivity index (χ1v) is 7.44. The van der Waals surface area contributed by atoms with Gasteiger partial charge in [0.15, 0.2) is 0 Å². The maximum Gasteiger partial charge on any atom is 0.320 e. The largest absolute Gasteiger partial charge is 0.481 e. The number of rotatable bonds is 3. The van der Waals surface area contributed by atoms with Crippen molar-refractivity contribution < 1.29 is 19.4 Å². The highest BCUT2D eigenvalue weighted by atomic mass is 16.5. The van der Waals surface area contributed by atoms with Crippen LogP contribution in [0.25, 0.3) is 0 Å². The minimum absolute atomic E-state index is 0.0327. The highest BCUT2D eigenvalue weighted by molar-refractivity contribution is 5.79. The average molecular weight is 284 g/mol. The standard InChI is InChI=1S/C14H24N2O4/c1-2-4-14(12(17)18)5-7-16(11-14)13(19)15-6-3-9-20-10-8-15/h2-11H2,1H3,(H,17,18). The molecule has 2 amide bonds. The van der Waals surface area contributed by atoms with E-state index in [2.05, 4.69) is 0 Å². The van der Waals surface area contributed by atoms with Crippen LogP contribution < -0.4 is 0 Å². The molecule has 0 spiro atoms. The molecule has 0 aromatic carbocycles. The van der Waals surface area contributed by atoms with E-state index < -0.39 is 11.4 Å². The van der Waals surface area contributed by atoms with Crippen molar-refractivity contribution in [2.45, 2.75) is 32.6 Å². The van der Waals surface area contributed by atoms with Crippen LogP contribution in [0.3, 0.4) is 0 Å². The van der Waals surface area contributed by atoms with Gasteiger partial charge in [-0.05, 0) is 19.3 Å². The zero-order valence-electron chi connectivity index (χ0n) is 12.1. The summed E-state index contributed by atoms with van der Waals surface area (Å²) in [5, 5.41) is 9.48. The molecule has 2 aliphatic heterocycles. The molecule has 1 unspecified atom stereocenters. The summed E-state index contributed by atoms with van der Waals surface area (Å²) in [5.74, 6) is -0.770. The Labute approximate surface area is 119 Å². The van der Waals surface area contributed by atoms with E-state index >= 15 is 0 Å². The van der Waals surface area contributed by atoms with E-state index in [1.54, 1.807) is 9.80 Å². The topological polar surface area (TPSA) is 70.1 Å². The van der Waals surface area contributed by atoms with Gasteiger partial charge in [-0.25, -0.2) is 4.79 Å². The third-order valence-corrected chi connectivity index (χ3v) is 4.30. The lowest BCUT2D eigenvalue weighted by Crippen LogP contribution is -2.45. The van der Waals surface area contributed by atoms with Gasteiger partial charge in [-0.2, -0.15) is 0 Å². The number of aliphatic carboxylic acids is 1. The Morgan fingerprint density at radius 1 is 1.20 bits per heavy atom. The fourth-order valence-corrected chi connectivity index (χ4v) is 3.14. The van der Waals surface area contributed by atoms with Crippen LogP contribution in [0.4, 0.5) is 4.79 Å². The predicted molar refractivity (Wildman–Crippen MR) is 73.6 cm³/mol. The summed E-state index contributed by atoms with van der Waals surface area (Å²) in [6, 6.07) is -0.0327. The Kier molecular flexibility index (Phi) is 4.86. The molecule has 20 heavy (non-hydrogen) atoms. The molecule has 2 heterocycles. The molecular formula is C14H24N2O4. The summed E-state index contributed by atoms with van der Waals surface area (Å²) < 4.78 is 5.35. The fourth-order valence-electron chi connectivity index (χ4n) is 3.14. The first-order valence-electron chi connectivity index (χ1n) is 7.44. The molecule has 2 fully saturated rings. The summed E-state index contributed by atoms with van der Waals surface area (Å²) >= 11 is 0. The molecular weight excluding hydrogens is 260 g/mol. The van der Waals surface area contributed by atoms with Gasteiger partial charge in [-0.1, -0.05) is 13.3 Å².